The van der Waals surface area contributed by atoms with E-state index in [2.05, 4.69) is 9.71 Å². The van der Waals surface area contributed by atoms with Gasteiger partial charge in [0.15, 0.2) is 0 Å². The summed E-state index contributed by atoms with van der Waals surface area (Å²) in [6.45, 7) is 1.89. The average Bonchev–Trinajstić information content (AvgIpc) is 2.75. The molecule has 0 saturated carbocycles. The van der Waals surface area contributed by atoms with Crippen LogP contribution in [0.1, 0.15) is 10.6 Å². The number of halogens is 1. The van der Waals surface area contributed by atoms with Crippen LogP contribution < -0.4 is 10.5 Å². The van der Waals surface area contributed by atoms with Gasteiger partial charge in [-0.05, 0) is 25.1 Å². The monoisotopic (exact) mass is 301 g/mol. The Balaban J connectivity index is 2.23. The van der Waals surface area contributed by atoms with Crippen molar-refractivity contribution >= 4 is 27.0 Å². The smallest absolute Gasteiger partial charge is 0.243 e. The van der Waals surface area contributed by atoms with Crippen LogP contribution in [-0.2, 0) is 16.6 Å². The van der Waals surface area contributed by atoms with E-state index in [-0.39, 0.29) is 17.1 Å². The van der Waals surface area contributed by atoms with Crippen LogP contribution in [0.3, 0.4) is 0 Å². The number of hydrogen-bond donors (Lipinski definition) is 2. The number of nitrogens with two attached hydrogens (primary N) is 1. The van der Waals surface area contributed by atoms with E-state index in [1.54, 1.807) is 12.4 Å². The van der Waals surface area contributed by atoms with Gasteiger partial charge in [-0.2, -0.15) is 0 Å². The molecule has 5 nitrogen and oxygen atoms in total. The third-order valence-electron chi connectivity index (χ3n) is 2.53. The largest absolute Gasteiger partial charge is 0.398 e. The lowest BCUT2D eigenvalue weighted by Crippen LogP contribution is -2.24. The second-order valence-electron chi connectivity index (χ2n) is 3.87. The quantitative estimate of drug-likeness (QED) is 0.841. The van der Waals surface area contributed by atoms with Crippen LogP contribution in [-0.4, -0.2) is 13.4 Å². The Labute approximate surface area is 114 Å². The number of thiazole rings is 1. The van der Waals surface area contributed by atoms with Gasteiger partial charge in [0.25, 0.3) is 0 Å². The second kappa shape index (κ2) is 5.24. The lowest BCUT2D eigenvalue weighted by Gasteiger charge is -2.08. The van der Waals surface area contributed by atoms with Gasteiger partial charge in [0, 0.05) is 11.4 Å². The molecule has 1 aromatic carbocycles. The van der Waals surface area contributed by atoms with Crippen molar-refractivity contribution in [2.45, 2.75) is 18.4 Å². The van der Waals surface area contributed by atoms with Crippen molar-refractivity contribution in [3.05, 3.63) is 40.1 Å². The first-order chi connectivity index (χ1) is 8.90. The fraction of sp³-hybridized carbons (Fsp3) is 0.182. The molecule has 0 bridgehead atoms. The lowest BCUT2D eigenvalue weighted by atomic mass is 10.3. The van der Waals surface area contributed by atoms with Gasteiger partial charge in [0.05, 0.1) is 16.9 Å². The van der Waals surface area contributed by atoms with Crippen LogP contribution in [0.25, 0.3) is 0 Å². The highest BCUT2D eigenvalue weighted by Gasteiger charge is 2.18. The van der Waals surface area contributed by atoms with E-state index in [0.29, 0.717) is 0 Å². The number of nitrogen functional groups attached to an aromatic ring is 1. The number of benzene rings is 1. The van der Waals surface area contributed by atoms with Gasteiger partial charge in [-0.25, -0.2) is 22.5 Å². The van der Waals surface area contributed by atoms with Gasteiger partial charge in [0.1, 0.15) is 10.7 Å². The first-order valence-electron chi connectivity index (χ1n) is 5.34. The molecule has 0 radical (unpaired) electrons. The average molecular weight is 301 g/mol. The number of nitrogens with one attached hydrogen (secondary N) is 1. The molecule has 0 saturated heterocycles. The zero-order valence-electron chi connectivity index (χ0n) is 10.1. The van der Waals surface area contributed by atoms with Gasteiger partial charge in [-0.1, -0.05) is 0 Å². The van der Waals surface area contributed by atoms with Crippen LogP contribution in [0.15, 0.2) is 28.6 Å². The minimum Gasteiger partial charge on any atom is -0.398 e. The summed E-state index contributed by atoms with van der Waals surface area (Å²) >= 11 is 1.35. The molecule has 1 heterocycles. The zero-order chi connectivity index (χ0) is 14.0. The van der Waals surface area contributed by atoms with Gasteiger partial charge in [-0.15, -0.1) is 11.3 Å². The standard InChI is InChI=1S/C11H12FN3O2S2/c1-7-10(18-6-14-7)5-15-19(16,17)11-4-8(12)2-3-9(11)13/h2-4,6,15H,5,13H2,1H3. The summed E-state index contributed by atoms with van der Waals surface area (Å²) in [6, 6.07) is 3.24. The highest BCUT2D eigenvalue weighted by Crippen LogP contribution is 2.20. The summed E-state index contributed by atoms with van der Waals surface area (Å²) < 4.78 is 39.6. The fourth-order valence-electron chi connectivity index (χ4n) is 1.48. The Morgan fingerprint density at radius 1 is 1.47 bits per heavy atom. The molecule has 0 amide bonds. The molecule has 102 valence electrons. The Hall–Kier alpha value is -1.51. The number of sulfonamides is 1. The summed E-state index contributed by atoms with van der Waals surface area (Å²) in [6.07, 6.45) is 0. The maximum absolute atomic E-state index is 13.1. The molecule has 0 aliphatic carbocycles. The Bertz CT molecular complexity index is 698. The van der Waals surface area contributed by atoms with Crippen molar-refractivity contribution in [1.29, 1.82) is 0 Å². The molecular formula is C11H12FN3O2S2. The molecule has 3 N–H and O–H groups in total. The molecule has 0 aliphatic rings. The van der Waals surface area contributed by atoms with Gasteiger partial charge < -0.3 is 5.73 Å². The molecule has 1 aromatic heterocycles. The zero-order valence-corrected chi connectivity index (χ0v) is 11.7. The van der Waals surface area contributed by atoms with Crippen molar-refractivity contribution in [2.75, 3.05) is 5.73 Å². The summed E-state index contributed by atoms with van der Waals surface area (Å²) in [5, 5.41) is 0. The van der Waals surface area contributed by atoms with E-state index in [9.17, 15) is 12.8 Å². The van der Waals surface area contributed by atoms with Crippen molar-refractivity contribution in [1.82, 2.24) is 9.71 Å². The normalized spacial score (nSPS) is 11.7. The molecule has 0 fully saturated rings. The first-order valence-corrected chi connectivity index (χ1v) is 7.70. The first kappa shape index (κ1) is 13.9. The highest BCUT2D eigenvalue weighted by molar-refractivity contribution is 7.89. The Kier molecular flexibility index (Phi) is 3.83. The molecular weight excluding hydrogens is 289 g/mol. The predicted octanol–water partition coefficient (Wildman–Crippen LogP) is 1.65. The highest BCUT2D eigenvalue weighted by atomic mass is 32.2. The third kappa shape index (κ3) is 3.09. The molecule has 2 rings (SSSR count). The van der Waals surface area contributed by atoms with E-state index < -0.39 is 15.8 Å². The molecule has 0 unspecified atom stereocenters. The number of aromatic nitrogens is 1. The maximum Gasteiger partial charge on any atom is 0.243 e. The summed E-state index contributed by atoms with van der Waals surface area (Å²) in [5.41, 5.74) is 7.97. The van der Waals surface area contributed by atoms with Gasteiger partial charge in [-0.3, -0.25) is 0 Å². The Morgan fingerprint density at radius 3 is 2.84 bits per heavy atom. The van der Waals surface area contributed by atoms with Crippen molar-refractivity contribution < 1.29 is 12.8 Å². The van der Waals surface area contributed by atoms with Crippen LogP contribution in [0.2, 0.25) is 0 Å². The topological polar surface area (TPSA) is 85.1 Å². The molecule has 19 heavy (non-hydrogen) atoms. The van der Waals surface area contributed by atoms with Gasteiger partial charge in [0.2, 0.25) is 10.0 Å². The summed E-state index contributed by atoms with van der Waals surface area (Å²) in [7, 11) is -3.84. The van der Waals surface area contributed by atoms with Crippen molar-refractivity contribution in [3.63, 3.8) is 0 Å². The molecule has 8 heteroatoms. The van der Waals surface area contributed by atoms with E-state index in [1.165, 1.54) is 17.4 Å². The third-order valence-corrected chi connectivity index (χ3v) is 4.92. The van der Waals surface area contributed by atoms with Crippen molar-refractivity contribution in [3.8, 4) is 0 Å². The van der Waals surface area contributed by atoms with Crippen LogP contribution >= 0.6 is 11.3 Å². The number of aryl methyl sites for hydroxylation is 1. The predicted molar refractivity (Wildman–Crippen MR) is 71.7 cm³/mol. The molecule has 0 spiro atoms. The number of nitrogens with zero attached hydrogens (tertiary/aromatic N) is 1. The Morgan fingerprint density at radius 2 is 2.21 bits per heavy atom. The van der Waals surface area contributed by atoms with Crippen LogP contribution in [0, 0.1) is 12.7 Å². The van der Waals surface area contributed by atoms with Crippen molar-refractivity contribution in [2.24, 2.45) is 0 Å². The number of rotatable bonds is 4. The van der Waals surface area contributed by atoms with E-state index in [4.69, 9.17) is 5.73 Å². The molecule has 0 aliphatic heterocycles. The SMILES string of the molecule is Cc1ncsc1CNS(=O)(=O)c1cc(F)ccc1N. The van der Waals surface area contributed by atoms with E-state index >= 15 is 0 Å². The maximum atomic E-state index is 13.1. The van der Waals surface area contributed by atoms with Gasteiger partial charge >= 0.3 is 0 Å². The lowest BCUT2D eigenvalue weighted by molar-refractivity contribution is 0.578. The minimum absolute atomic E-state index is 0.00919. The molecule has 2 aromatic rings. The minimum atomic E-state index is -3.84. The number of hydrogen-bond acceptors (Lipinski definition) is 5. The molecule has 0 atom stereocenters. The fourth-order valence-corrected chi connectivity index (χ4v) is 3.42. The number of anilines is 1. The van der Waals surface area contributed by atoms with E-state index in [1.807, 2.05) is 0 Å². The second-order valence-corrected chi connectivity index (χ2v) is 6.54. The summed E-state index contributed by atoms with van der Waals surface area (Å²) in [4.78, 5) is 4.57. The van der Waals surface area contributed by atoms with E-state index in [0.717, 1.165) is 22.7 Å². The van der Waals surface area contributed by atoms with Crippen LogP contribution in [0.4, 0.5) is 10.1 Å². The summed E-state index contributed by atoms with van der Waals surface area (Å²) in [5.74, 6) is -0.649. The van der Waals surface area contributed by atoms with Crippen LogP contribution in [0.5, 0.6) is 0 Å².